The fourth-order valence-electron chi connectivity index (χ4n) is 2.31. The van der Waals surface area contributed by atoms with E-state index in [1.54, 1.807) is 17.7 Å². The molecule has 0 aliphatic carbocycles. The third kappa shape index (κ3) is 2.63. The summed E-state index contributed by atoms with van der Waals surface area (Å²) in [4.78, 5) is 10.9. The molecule has 2 aromatic rings. The molecule has 0 aliphatic heterocycles. The van der Waals surface area contributed by atoms with Crippen LogP contribution in [0.4, 0.5) is 0 Å². The van der Waals surface area contributed by atoms with Crippen LogP contribution >= 0.6 is 0 Å². The van der Waals surface area contributed by atoms with Crippen LogP contribution in [0.2, 0.25) is 0 Å². The van der Waals surface area contributed by atoms with Crippen molar-refractivity contribution in [3.63, 3.8) is 0 Å². The third-order valence-electron chi connectivity index (χ3n) is 3.36. The van der Waals surface area contributed by atoms with Crippen molar-refractivity contribution < 1.29 is 15.0 Å². The fraction of sp³-hybridized carbons (Fsp3) is 0.400. The van der Waals surface area contributed by atoms with Gasteiger partial charge in [0, 0.05) is 22.7 Å². The molecule has 0 fully saturated rings. The Morgan fingerprint density at radius 3 is 2.53 bits per heavy atom. The first kappa shape index (κ1) is 13.6. The molecular formula is C15H19NO3. The van der Waals surface area contributed by atoms with Crippen molar-refractivity contribution in [2.75, 3.05) is 0 Å². The summed E-state index contributed by atoms with van der Waals surface area (Å²) in [6.45, 7) is 5.82. The summed E-state index contributed by atoms with van der Waals surface area (Å²) in [7, 11) is 0. The van der Waals surface area contributed by atoms with Gasteiger partial charge in [0.25, 0.3) is 0 Å². The monoisotopic (exact) mass is 261 g/mol. The highest BCUT2D eigenvalue weighted by Gasteiger charge is 2.15. The molecule has 1 unspecified atom stereocenters. The Balaban J connectivity index is 2.64. The van der Waals surface area contributed by atoms with Gasteiger partial charge in [-0.25, -0.2) is 0 Å². The maximum atomic E-state index is 10.9. The smallest absolute Gasteiger partial charge is 0.323 e. The van der Waals surface area contributed by atoms with Crippen LogP contribution in [0.1, 0.15) is 43.9 Å². The van der Waals surface area contributed by atoms with Crippen molar-refractivity contribution >= 4 is 16.9 Å². The van der Waals surface area contributed by atoms with E-state index in [1.807, 2.05) is 18.2 Å². The predicted molar refractivity (Wildman–Crippen MR) is 74.3 cm³/mol. The second kappa shape index (κ2) is 5.05. The number of aromatic nitrogens is 1. The Bertz CT molecular complexity index is 611. The zero-order valence-corrected chi connectivity index (χ0v) is 11.4. The predicted octanol–water partition coefficient (Wildman–Crippen LogP) is 2.90. The van der Waals surface area contributed by atoms with E-state index in [0.29, 0.717) is 5.92 Å². The van der Waals surface area contributed by atoms with Crippen molar-refractivity contribution in [3.05, 3.63) is 35.5 Å². The van der Waals surface area contributed by atoms with E-state index in [-0.39, 0.29) is 6.54 Å². The van der Waals surface area contributed by atoms with Gasteiger partial charge in [-0.2, -0.15) is 0 Å². The molecule has 0 radical (unpaired) electrons. The summed E-state index contributed by atoms with van der Waals surface area (Å²) < 4.78 is 1.67. The highest BCUT2D eigenvalue weighted by Crippen LogP contribution is 2.29. The average molecular weight is 261 g/mol. The first-order valence-electron chi connectivity index (χ1n) is 6.42. The van der Waals surface area contributed by atoms with Gasteiger partial charge in [-0.05, 0) is 30.5 Å². The van der Waals surface area contributed by atoms with Crippen LogP contribution in [0, 0.1) is 0 Å². The Morgan fingerprint density at radius 1 is 1.32 bits per heavy atom. The molecule has 4 heteroatoms. The van der Waals surface area contributed by atoms with Crippen molar-refractivity contribution in [2.45, 2.75) is 39.3 Å². The number of carboxylic acid groups (broad SMARTS) is 1. The van der Waals surface area contributed by atoms with Crippen molar-refractivity contribution in [2.24, 2.45) is 0 Å². The Hall–Kier alpha value is -1.81. The largest absolute Gasteiger partial charge is 0.480 e. The lowest BCUT2D eigenvalue weighted by Gasteiger charge is -2.07. The number of aliphatic carboxylic acids is 1. The van der Waals surface area contributed by atoms with Crippen molar-refractivity contribution in [1.29, 1.82) is 0 Å². The number of hydrogen-bond acceptors (Lipinski definition) is 2. The quantitative estimate of drug-likeness (QED) is 0.889. The molecular weight excluding hydrogens is 242 g/mol. The number of hydrogen-bond donors (Lipinski definition) is 2. The lowest BCUT2D eigenvalue weighted by atomic mass is 9.99. The molecule has 1 aromatic heterocycles. The lowest BCUT2D eigenvalue weighted by Crippen LogP contribution is -2.07. The summed E-state index contributed by atoms with van der Waals surface area (Å²) in [5, 5.41) is 19.7. The summed E-state index contributed by atoms with van der Waals surface area (Å²) in [6, 6.07) is 5.98. The van der Waals surface area contributed by atoms with Gasteiger partial charge < -0.3 is 14.8 Å². The van der Waals surface area contributed by atoms with Gasteiger partial charge in [0.05, 0.1) is 6.10 Å². The average Bonchev–Trinajstić information content (AvgIpc) is 2.66. The topological polar surface area (TPSA) is 62.5 Å². The number of carboxylic acids is 1. The van der Waals surface area contributed by atoms with Gasteiger partial charge in [-0.15, -0.1) is 0 Å². The first-order valence-corrected chi connectivity index (χ1v) is 6.42. The van der Waals surface area contributed by atoms with Gasteiger partial charge in [0.1, 0.15) is 6.54 Å². The fourth-order valence-corrected chi connectivity index (χ4v) is 2.31. The van der Waals surface area contributed by atoms with E-state index in [9.17, 15) is 9.90 Å². The number of aliphatic hydroxyl groups excluding tert-OH is 1. The number of carbonyl (C=O) groups is 1. The minimum absolute atomic E-state index is 0.0930. The minimum Gasteiger partial charge on any atom is -0.480 e. The third-order valence-corrected chi connectivity index (χ3v) is 3.36. The molecule has 4 nitrogen and oxygen atoms in total. The first-order chi connectivity index (χ1) is 8.90. The Kier molecular flexibility index (Phi) is 3.62. The summed E-state index contributed by atoms with van der Waals surface area (Å²) in [5.41, 5.74) is 2.81. The maximum absolute atomic E-state index is 10.9. The highest BCUT2D eigenvalue weighted by molar-refractivity contribution is 5.86. The molecule has 0 amide bonds. The van der Waals surface area contributed by atoms with Crippen LogP contribution in [0.3, 0.4) is 0 Å². The van der Waals surface area contributed by atoms with Crippen LogP contribution in [0.5, 0.6) is 0 Å². The SMILES string of the molecule is CC(C)c1ccc2c(c1)c(C(C)O)cn2CC(=O)O. The molecule has 0 saturated carbocycles. The van der Waals surface area contributed by atoms with Crippen molar-refractivity contribution in [3.8, 4) is 0 Å². The zero-order valence-electron chi connectivity index (χ0n) is 11.4. The van der Waals surface area contributed by atoms with Crippen LogP contribution in [0.15, 0.2) is 24.4 Å². The van der Waals surface area contributed by atoms with E-state index < -0.39 is 12.1 Å². The van der Waals surface area contributed by atoms with Crippen molar-refractivity contribution in [1.82, 2.24) is 4.57 Å². The highest BCUT2D eigenvalue weighted by atomic mass is 16.4. The summed E-state index contributed by atoms with van der Waals surface area (Å²) in [6.07, 6.45) is 1.12. The number of aliphatic hydroxyl groups is 1. The summed E-state index contributed by atoms with van der Waals surface area (Å²) >= 11 is 0. The minimum atomic E-state index is -0.887. The van der Waals surface area contributed by atoms with Gasteiger partial charge in [0.15, 0.2) is 0 Å². The molecule has 1 atom stereocenters. The second-order valence-electron chi connectivity index (χ2n) is 5.21. The maximum Gasteiger partial charge on any atom is 0.323 e. The lowest BCUT2D eigenvalue weighted by molar-refractivity contribution is -0.137. The number of fused-ring (bicyclic) bond motifs is 1. The molecule has 19 heavy (non-hydrogen) atoms. The number of nitrogens with zero attached hydrogens (tertiary/aromatic N) is 1. The molecule has 2 N–H and O–H groups in total. The summed E-state index contributed by atoms with van der Waals surface area (Å²) in [5.74, 6) is -0.490. The molecule has 0 aliphatic rings. The van der Waals surface area contributed by atoms with Gasteiger partial charge >= 0.3 is 5.97 Å². The normalized spacial score (nSPS) is 13.1. The van der Waals surface area contributed by atoms with Gasteiger partial charge in [0.2, 0.25) is 0 Å². The Labute approximate surface area is 112 Å². The molecule has 1 heterocycles. The van der Waals surface area contributed by atoms with Gasteiger partial charge in [-0.1, -0.05) is 19.9 Å². The van der Waals surface area contributed by atoms with E-state index in [1.165, 1.54) is 5.56 Å². The molecule has 102 valence electrons. The van der Waals surface area contributed by atoms with Crippen LogP contribution < -0.4 is 0 Å². The van der Waals surface area contributed by atoms with E-state index >= 15 is 0 Å². The van der Waals surface area contributed by atoms with Gasteiger partial charge in [-0.3, -0.25) is 4.79 Å². The van der Waals surface area contributed by atoms with Crippen LogP contribution in [-0.4, -0.2) is 20.7 Å². The molecule has 0 bridgehead atoms. The molecule has 1 aromatic carbocycles. The number of benzene rings is 1. The molecule has 0 spiro atoms. The van der Waals surface area contributed by atoms with Crippen LogP contribution in [-0.2, 0) is 11.3 Å². The molecule has 2 rings (SSSR count). The zero-order chi connectivity index (χ0) is 14.2. The van der Waals surface area contributed by atoms with Crippen LogP contribution in [0.25, 0.3) is 10.9 Å². The molecule has 0 saturated heterocycles. The van der Waals surface area contributed by atoms with E-state index in [4.69, 9.17) is 5.11 Å². The standard InChI is InChI=1S/C15H19NO3/c1-9(2)11-4-5-14-12(6-11)13(10(3)17)7-16(14)8-15(18)19/h4-7,9-10,17H,8H2,1-3H3,(H,18,19). The van der Waals surface area contributed by atoms with E-state index in [2.05, 4.69) is 13.8 Å². The number of rotatable bonds is 4. The van der Waals surface area contributed by atoms with E-state index in [0.717, 1.165) is 16.5 Å². The second-order valence-corrected chi connectivity index (χ2v) is 5.21. The Morgan fingerprint density at radius 2 is 2.00 bits per heavy atom.